The Labute approximate surface area is 82.1 Å². The number of hydrogen-bond acceptors (Lipinski definition) is 4. The van der Waals surface area contributed by atoms with E-state index in [-0.39, 0.29) is 5.82 Å². The van der Waals surface area contributed by atoms with Crippen LogP contribution in [-0.2, 0) is 6.54 Å². The number of nitrogens with one attached hydrogen (secondary N) is 1. The Morgan fingerprint density at radius 2 is 2.50 bits per heavy atom. The maximum Gasteiger partial charge on any atom is 0.389 e. The minimum Gasteiger partial charge on any atom is -0.358 e. The van der Waals surface area contributed by atoms with Crippen LogP contribution in [0.2, 0.25) is 0 Å². The third kappa shape index (κ3) is 3.14. The van der Waals surface area contributed by atoms with E-state index in [0.29, 0.717) is 6.54 Å². The van der Waals surface area contributed by atoms with E-state index in [4.69, 9.17) is 0 Å². The maximum atomic E-state index is 10.3. The normalized spacial score (nSPS) is 10.4. The lowest BCUT2D eigenvalue weighted by molar-refractivity contribution is -0.389. The molecule has 1 rings (SSSR count). The highest BCUT2D eigenvalue weighted by molar-refractivity contribution is 5.13. The second kappa shape index (κ2) is 5.33. The Balaban J connectivity index is 2.33. The molecule has 1 heterocycles. The molecule has 1 aromatic heterocycles. The first-order valence-corrected chi connectivity index (χ1v) is 4.62. The molecule has 0 saturated carbocycles. The second-order valence-corrected chi connectivity index (χ2v) is 2.90. The molecule has 6 heteroatoms. The third-order valence-corrected chi connectivity index (χ3v) is 1.80. The number of aryl methyl sites for hydroxylation is 1. The van der Waals surface area contributed by atoms with Gasteiger partial charge in [0.1, 0.15) is 0 Å². The minimum absolute atomic E-state index is 0.0894. The van der Waals surface area contributed by atoms with Crippen LogP contribution in [0.5, 0.6) is 0 Å². The molecule has 0 aliphatic carbocycles. The van der Waals surface area contributed by atoms with Crippen molar-refractivity contribution in [1.29, 1.82) is 0 Å². The minimum atomic E-state index is -0.485. The molecule has 0 aliphatic rings. The highest BCUT2D eigenvalue weighted by atomic mass is 16.6. The van der Waals surface area contributed by atoms with Crippen molar-refractivity contribution in [1.82, 2.24) is 15.1 Å². The van der Waals surface area contributed by atoms with Crippen molar-refractivity contribution in [2.24, 2.45) is 0 Å². The maximum absolute atomic E-state index is 10.3. The zero-order chi connectivity index (χ0) is 10.4. The highest BCUT2D eigenvalue weighted by Crippen LogP contribution is 2.05. The molecule has 1 N–H and O–H groups in total. The molecule has 0 amide bonds. The van der Waals surface area contributed by atoms with Crippen LogP contribution in [0.25, 0.3) is 0 Å². The molecular formula is C8H14N4O2. The van der Waals surface area contributed by atoms with Gasteiger partial charge in [-0.1, -0.05) is 6.92 Å². The first kappa shape index (κ1) is 10.6. The molecule has 14 heavy (non-hydrogen) atoms. The molecule has 0 aliphatic heterocycles. The molecule has 0 saturated heterocycles. The van der Waals surface area contributed by atoms with Gasteiger partial charge in [0.15, 0.2) is 0 Å². The molecule has 0 bridgehead atoms. The lowest BCUT2D eigenvalue weighted by atomic mass is 10.4. The van der Waals surface area contributed by atoms with Gasteiger partial charge in [-0.05, 0) is 24.4 Å². The smallest absolute Gasteiger partial charge is 0.358 e. The summed E-state index contributed by atoms with van der Waals surface area (Å²) in [6, 6.07) is 1.41. The molecule has 1 aromatic rings. The molecule has 0 radical (unpaired) electrons. The fraction of sp³-hybridized carbons (Fsp3) is 0.625. The summed E-state index contributed by atoms with van der Waals surface area (Å²) in [5, 5.41) is 17.3. The summed E-state index contributed by atoms with van der Waals surface area (Å²) in [4.78, 5) is 9.82. The summed E-state index contributed by atoms with van der Waals surface area (Å²) in [5.41, 5.74) is 0. The summed E-state index contributed by atoms with van der Waals surface area (Å²) in [6.45, 7) is 4.60. The van der Waals surface area contributed by atoms with E-state index in [0.717, 1.165) is 19.5 Å². The first-order chi connectivity index (χ1) is 6.74. The van der Waals surface area contributed by atoms with Crippen LogP contribution in [0.1, 0.15) is 13.3 Å². The van der Waals surface area contributed by atoms with E-state index in [9.17, 15) is 10.1 Å². The first-order valence-electron chi connectivity index (χ1n) is 4.62. The standard InChI is InChI=1S/C8H14N4O2/c1-2-9-5-3-6-11-7-4-8(10-11)12(13)14/h4,7,9H,2-3,5-6H2,1H3. The SMILES string of the molecule is CCNCCCn1ccc([N+](=O)[O-])n1. The summed E-state index contributed by atoms with van der Waals surface area (Å²) < 4.78 is 1.59. The van der Waals surface area contributed by atoms with Gasteiger partial charge in [-0.15, -0.1) is 0 Å². The number of rotatable bonds is 6. The van der Waals surface area contributed by atoms with Crippen molar-refractivity contribution in [3.05, 3.63) is 22.4 Å². The average molecular weight is 198 g/mol. The predicted octanol–water partition coefficient (Wildman–Crippen LogP) is 0.791. The predicted molar refractivity (Wildman–Crippen MR) is 52.0 cm³/mol. The number of aromatic nitrogens is 2. The fourth-order valence-electron chi connectivity index (χ4n) is 1.12. The molecule has 6 nitrogen and oxygen atoms in total. The highest BCUT2D eigenvalue weighted by Gasteiger charge is 2.09. The fourth-order valence-corrected chi connectivity index (χ4v) is 1.12. The molecule has 0 atom stereocenters. The zero-order valence-corrected chi connectivity index (χ0v) is 8.14. The van der Waals surface area contributed by atoms with Gasteiger partial charge in [-0.2, -0.15) is 4.68 Å². The quantitative estimate of drug-likeness (QED) is 0.416. The van der Waals surface area contributed by atoms with Crippen molar-refractivity contribution >= 4 is 5.82 Å². The molecular weight excluding hydrogens is 184 g/mol. The molecule has 78 valence electrons. The van der Waals surface area contributed by atoms with E-state index >= 15 is 0 Å². The summed E-state index contributed by atoms with van der Waals surface area (Å²) in [6.07, 6.45) is 2.55. The van der Waals surface area contributed by atoms with Crippen LogP contribution in [-0.4, -0.2) is 27.8 Å². The van der Waals surface area contributed by atoms with Crippen molar-refractivity contribution in [2.75, 3.05) is 13.1 Å². The second-order valence-electron chi connectivity index (χ2n) is 2.90. The largest absolute Gasteiger partial charge is 0.389 e. The molecule has 0 aromatic carbocycles. The molecule has 0 unspecified atom stereocenters. The van der Waals surface area contributed by atoms with E-state index in [1.165, 1.54) is 6.07 Å². The van der Waals surface area contributed by atoms with Gasteiger partial charge in [0.2, 0.25) is 0 Å². The van der Waals surface area contributed by atoms with Crippen molar-refractivity contribution in [3.63, 3.8) is 0 Å². The van der Waals surface area contributed by atoms with Crippen LogP contribution in [0.15, 0.2) is 12.3 Å². The Morgan fingerprint density at radius 1 is 1.71 bits per heavy atom. The van der Waals surface area contributed by atoms with Crippen LogP contribution in [0.4, 0.5) is 5.82 Å². The Kier molecular flexibility index (Phi) is 4.06. The monoisotopic (exact) mass is 198 g/mol. The number of nitro groups is 1. The Morgan fingerprint density at radius 3 is 3.07 bits per heavy atom. The van der Waals surface area contributed by atoms with Crippen molar-refractivity contribution in [2.45, 2.75) is 19.9 Å². The topological polar surface area (TPSA) is 73.0 Å². The Hall–Kier alpha value is -1.43. The van der Waals surface area contributed by atoms with E-state index in [1.54, 1.807) is 10.9 Å². The van der Waals surface area contributed by atoms with Crippen LogP contribution in [0.3, 0.4) is 0 Å². The van der Waals surface area contributed by atoms with Gasteiger partial charge in [0.05, 0.1) is 23.9 Å². The third-order valence-electron chi connectivity index (χ3n) is 1.80. The summed E-state index contributed by atoms with van der Waals surface area (Å²) in [5.74, 6) is -0.0894. The van der Waals surface area contributed by atoms with Gasteiger partial charge >= 0.3 is 5.82 Å². The van der Waals surface area contributed by atoms with E-state index < -0.39 is 4.92 Å². The van der Waals surface area contributed by atoms with Gasteiger partial charge in [-0.3, -0.25) is 0 Å². The van der Waals surface area contributed by atoms with E-state index in [1.807, 2.05) is 6.92 Å². The molecule has 0 spiro atoms. The lowest BCUT2D eigenvalue weighted by Crippen LogP contribution is -2.16. The van der Waals surface area contributed by atoms with E-state index in [2.05, 4.69) is 10.4 Å². The number of nitrogens with zero attached hydrogens (tertiary/aromatic N) is 3. The van der Waals surface area contributed by atoms with Gasteiger partial charge < -0.3 is 15.4 Å². The lowest BCUT2D eigenvalue weighted by Gasteiger charge is -1.98. The number of hydrogen-bond donors (Lipinski definition) is 1. The summed E-state index contributed by atoms with van der Waals surface area (Å²) in [7, 11) is 0. The van der Waals surface area contributed by atoms with Crippen LogP contribution < -0.4 is 5.32 Å². The van der Waals surface area contributed by atoms with Crippen LogP contribution in [0, 0.1) is 10.1 Å². The summed E-state index contributed by atoms with van der Waals surface area (Å²) >= 11 is 0. The van der Waals surface area contributed by atoms with Crippen molar-refractivity contribution < 1.29 is 4.92 Å². The van der Waals surface area contributed by atoms with Gasteiger partial charge in [0.25, 0.3) is 0 Å². The molecule has 0 fully saturated rings. The average Bonchev–Trinajstić information content (AvgIpc) is 2.61. The Bertz CT molecular complexity index is 297. The van der Waals surface area contributed by atoms with Crippen LogP contribution >= 0.6 is 0 Å². The van der Waals surface area contributed by atoms with Gasteiger partial charge in [0, 0.05) is 0 Å². The van der Waals surface area contributed by atoms with Gasteiger partial charge in [-0.25, -0.2) is 0 Å². The zero-order valence-electron chi connectivity index (χ0n) is 8.14. The van der Waals surface area contributed by atoms with Crippen molar-refractivity contribution in [3.8, 4) is 0 Å².